The Bertz CT molecular complexity index is 580. The highest BCUT2D eigenvalue weighted by Gasteiger charge is 2.33. The largest absolute Gasteiger partial charge is 0.326 e. The Morgan fingerprint density at radius 1 is 1.32 bits per heavy atom. The average Bonchev–Trinajstić information content (AvgIpc) is 2.70. The maximum Gasteiger partial charge on any atom is 0.246 e. The number of benzene rings is 1. The first-order valence-corrected chi connectivity index (χ1v) is 6.98. The normalized spacial score (nSPS) is 20.3. The van der Waals surface area contributed by atoms with Gasteiger partial charge in [-0.05, 0) is 31.0 Å². The van der Waals surface area contributed by atoms with Crippen LogP contribution in [0.5, 0.6) is 0 Å². The monoisotopic (exact) mass is 312 g/mol. The third-order valence-electron chi connectivity index (χ3n) is 3.02. The van der Waals surface area contributed by atoms with Gasteiger partial charge in [0, 0.05) is 19.1 Å². The second-order valence-electron chi connectivity index (χ2n) is 4.44. The van der Waals surface area contributed by atoms with Crippen molar-refractivity contribution in [2.24, 2.45) is 5.73 Å². The molecule has 0 saturated carbocycles. The van der Waals surface area contributed by atoms with Gasteiger partial charge in [-0.25, -0.2) is 17.2 Å². The van der Waals surface area contributed by atoms with Gasteiger partial charge in [-0.1, -0.05) is 0 Å². The molecule has 0 bridgehead atoms. The highest BCUT2D eigenvalue weighted by atomic mass is 35.5. The van der Waals surface area contributed by atoms with Crippen LogP contribution < -0.4 is 5.73 Å². The Morgan fingerprint density at radius 2 is 1.95 bits per heavy atom. The summed E-state index contributed by atoms with van der Waals surface area (Å²) in [5, 5.41) is 0. The molecule has 1 aliphatic heterocycles. The maximum atomic E-state index is 13.7. The van der Waals surface area contributed by atoms with Gasteiger partial charge in [0.25, 0.3) is 0 Å². The topological polar surface area (TPSA) is 63.4 Å². The summed E-state index contributed by atoms with van der Waals surface area (Å²) in [6, 6.07) is 1.36. The molecule has 1 aromatic rings. The summed E-state index contributed by atoms with van der Waals surface area (Å²) in [4.78, 5) is -0.625. The third-order valence-corrected chi connectivity index (χ3v) is 4.90. The van der Waals surface area contributed by atoms with Crippen molar-refractivity contribution >= 4 is 22.4 Å². The lowest BCUT2D eigenvalue weighted by Gasteiger charge is -2.16. The second kappa shape index (κ2) is 5.70. The van der Waals surface area contributed by atoms with Gasteiger partial charge >= 0.3 is 0 Å². The highest BCUT2D eigenvalue weighted by molar-refractivity contribution is 7.89. The molecule has 0 spiro atoms. The van der Waals surface area contributed by atoms with Gasteiger partial charge in [-0.3, -0.25) is 0 Å². The number of aryl methyl sites for hydroxylation is 1. The lowest BCUT2D eigenvalue weighted by Crippen LogP contribution is -2.32. The van der Waals surface area contributed by atoms with Crippen LogP contribution in [0, 0.1) is 18.6 Å². The number of hydrogen-bond donors (Lipinski definition) is 1. The molecule has 19 heavy (non-hydrogen) atoms. The molecule has 2 N–H and O–H groups in total. The number of rotatable bonds is 2. The molecule has 1 aromatic carbocycles. The van der Waals surface area contributed by atoms with Crippen molar-refractivity contribution in [2.75, 3.05) is 13.1 Å². The third kappa shape index (κ3) is 3.05. The fraction of sp³-hybridized carbons (Fsp3) is 0.455. The Morgan fingerprint density at radius 3 is 2.47 bits per heavy atom. The van der Waals surface area contributed by atoms with Gasteiger partial charge in [-0.15, -0.1) is 12.4 Å². The van der Waals surface area contributed by atoms with Gasteiger partial charge in [0.2, 0.25) is 10.0 Å². The van der Waals surface area contributed by atoms with E-state index in [1.807, 2.05) is 0 Å². The van der Waals surface area contributed by atoms with Crippen LogP contribution in [0.1, 0.15) is 12.0 Å². The summed E-state index contributed by atoms with van der Waals surface area (Å²) in [6.45, 7) is 1.75. The maximum absolute atomic E-state index is 13.7. The predicted octanol–water partition coefficient (Wildman–Crippen LogP) is 1.42. The number of nitrogens with zero attached hydrogens (tertiary/aromatic N) is 1. The molecule has 2 rings (SSSR count). The van der Waals surface area contributed by atoms with E-state index in [-0.39, 0.29) is 37.1 Å². The molecule has 8 heteroatoms. The molecule has 1 fully saturated rings. The van der Waals surface area contributed by atoms with E-state index in [1.54, 1.807) is 0 Å². The summed E-state index contributed by atoms with van der Waals surface area (Å²) in [7, 11) is -4.00. The predicted molar refractivity (Wildman–Crippen MR) is 69.7 cm³/mol. The van der Waals surface area contributed by atoms with Crippen LogP contribution in [0.2, 0.25) is 0 Å². The molecule has 0 radical (unpaired) electrons. The second-order valence-corrected chi connectivity index (χ2v) is 6.35. The lowest BCUT2D eigenvalue weighted by atomic mass is 10.2. The molecule has 108 valence electrons. The van der Waals surface area contributed by atoms with Gasteiger partial charge < -0.3 is 5.73 Å². The van der Waals surface area contributed by atoms with Crippen LogP contribution in [0.25, 0.3) is 0 Å². The van der Waals surface area contributed by atoms with Crippen molar-refractivity contribution in [3.05, 3.63) is 29.3 Å². The van der Waals surface area contributed by atoms with Gasteiger partial charge in [0.15, 0.2) is 0 Å². The molecule has 0 unspecified atom stereocenters. The number of nitrogens with two attached hydrogens (primary N) is 1. The summed E-state index contributed by atoms with van der Waals surface area (Å²) >= 11 is 0. The SMILES string of the molecule is Cc1cc(F)c(S(=O)(=O)N2CC[C@@H](N)C2)cc1F.Cl. The smallest absolute Gasteiger partial charge is 0.246 e. The molecule has 1 aliphatic rings. The molecule has 1 atom stereocenters. The van der Waals surface area contributed by atoms with E-state index in [2.05, 4.69) is 0 Å². The highest BCUT2D eigenvalue weighted by Crippen LogP contribution is 2.24. The van der Waals surface area contributed by atoms with Crippen LogP contribution in [-0.4, -0.2) is 31.9 Å². The van der Waals surface area contributed by atoms with Crippen LogP contribution in [-0.2, 0) is 10.0 Å². The first-order chi connectivity index (χ1) is 8.32. The van der Waals surface area contributed by atoms with Crippen molar-refractivity contribution in [3.8, 4) is 0 Å². The Labute approximate surface area is 117 Å². The van der Waals surface area contributed by atoms with Gasteiger partial charge in [-0.2, -0.15) is 4.31 Å². The molecule has 1 heterocycles. The van der Waals surface area contributed by atoms with E-state index >= 15 is 0 Å². The standard InChI is InChI=1S/C11H14F2N2O2S.ClH/c1-7-4-10(13)11(5-9(7)12)18(16,17)15-3-2-8(14)6-15;/h4-5,8H,2-3,6,14H2,1H3;1H/t8-;/m1./s1. The number of halogens is 3. The molecule has 0 aromatic heterocycles. The molecule has 0 amide bonds. The van der Waals surface area contributed by atoms with Crippen molar-refractivity contribution < 1.29 is 17.2 Å². The first-order valence-electron chi connectivity index (χ1n) is 5.53. The number of sulfonamides is 1. The van der Waals surface area contributed by atoms with Gasteiger partial charge in [0.05, 0.1) is 0 Å². The van der Waals surface area contributed by atoms with Gasteiger partial charge in [0.1, 0.15) is 16.5 Å². The Balaban J connectivity index is 0.00000180. The minimum Gasteiger partial charge on any atom is -0.326 e. The quantitative estimate of drug-likeness (QED) is 0.898. The van der Waals surface area contributed by atoms with Crippen LogP contribution in [0.4, 0.5) is 8.78 Å². The Kier molecular flexibility index (Phi) is 4.89. The summed E-state index contributed by atoms with van der Waals surface area (Å²) < 4.78 is 52.4. The van der Waals surface area contributed by atoms with Crippen LogP contribution >= 0.6 is 12.4 Å². The molecule has 4 nitrogen and oxygen atoms in total. The van der Waals surface area contributed by atoms with Crippen molar-refractivity contribution in [3.63, 3.8) is 0 Å². The summed E-state index contributed by atoms with van der Waals surface area (Å²) in [5.74, 6) is -1.67. The minimum atomic E-state index is -4.00. The van der Waals surface area contributed by atoms with E-state index < -0.39 is 26.6 Å². The fourth-order valence-electron chi connectivity index (χ4n) is 1.94. The van der Waals surface area contributed by atoms with E-state index in [0.29, 0.717) is 6.42 Å². The van der Waals surface area contributed by atoms with Crippen LogP contribution in [0.3, 0.4) is 0 Å². The van der Waals surface area contributed by atoms with Crippen molar-refractivity contribution in [1.29, 1.82) is 0 Å². The van der Waals surface area contributed by atoms with E-state index in [0.717, 1.165) is 16.4 Å². The summed E-state index contributed by atoms with van der Waals surface area (Å²) in [6.07, 6.45) is 0.523. The molecular weight excluding hydrogens is 298 g/mol. The zero-order chi connectivity index (χ0) is 13.5. The van der Waals surface area contributed by atoms with E-state index in [9.17, 15) is 17.2 Å². The summed E-state index contributed by atoms with van der Waals surface area (Å²) in [5.41, 5.74) is 5.69. The average molecular weight is 313 g/mol. The van der Waals surface area contributed by atoms with Crippen molar-refractivity contribution in [2.45, 2.75) is 24.3 Å². The zero-order valence-corrected chi connectivity index (χ0v) is 11.9. The molecule has 0 aliphatic carbocycles. The first kappa shape index (κ1) is 16.3. The zero-order valence-electron chi connectivity index (χ0n) is 10.3. The Hall–Kier alpha value is -0.760. The van der Waals surface area contributed by atoms with Crippen molar-refractivity contribution in [1.82, 2.24) is 4.31 Å². The van der Waals surface area contributed by atoms with E-state index in [1.165, 1.54) is 6.92 Å². The molecular formula is C11H15ClF2N2O2S. The molecule has 1 saturated heterocycles. The van der Waals surface area contributed by atoms with Crippen LogP contribution in [0.15, 0.2) is 17.0 Å². The number of hydrogen-bond acceptors (Lipinski definition) is 3. The minimum absolute atomic E-state index is 0. The fourth-order valence-corrected chi connectivity index (χ4v) is 3.51. The van der Waals surface area contributed by atoms with E-state index in [4.69, 9.17) is 5.73 Å². The lowest BCUT2D eigenvalue weighted by molar-refractivity contribution is 0.463.